The minimum Gasteiger partial charge on any atom is -0.341 e. The lowest BCUT2D eigenvalue weighted by atomic mass is 10.3. The van der Waals surface area contributed by atoms with Crippen LogP contribution in [-0.4, -0.2) is 61.5 Å². The van der Waals surface area contributed by atoms with Crippen molar-refractivity contribution >= 4 is 11.8 Å². The molecule has 19 heavy (non-hydrogen) atoms. The van der Waals surface area contributed by atoms with E-state index < -0.39 is 30.5 Å². The smallest absolute Gasteiger partial charge is 0.341 e. The summed E-state index contributed by atoms with van der Waals surface area (Å²) < 4.78 is 60.6. The largest absolute Gasteiger partial charge is 0.463 e. The van der Waals surface area contributed by atoms with Gasteiger partial charge in [0, 0.05) is 26.2 Å². The molecule has 0 bridgehead atoms. The molecule has 1 heterocycles. The minimum atomic E-state index is -5.98. The maximum atomic E-state index is 12.5. The van der Waals surface area contributed by atoms with Crippen molar-refractivity contribution in [3.63, 3.8) is 0 Å². The molecule has 0 radical (unpaired) electrons. The van der Waals surface area contributed by atoms with Crippen molar-refractivity contribution in [3.05, 3.63) is 0 Å². The SMILES string of the molecule is O=C(CNC(=O)C(F)(F)C(F)(F)F)N1CCNCC1. The van der Waals surface area contributed by atoms with Crippen LogP contribution in [0.25, 0.3) is 0 Å². The third kappa shape index (κ3) is 3.75. The fourth-order valence-electron chi connectivity index (χ4n) is 1.42. The summed E-state index contributed by atoms with van der Waals surface area (Å²) in [5.74, 6) is -8.73. The van der Waals surface area contributed by atoms with Crippen LogP contribution in [0.2, 0.25) is 0 Å². The third-order valence-corrected chi connectivity index (χ3v) is 2.51. The van der Waals surface area contributed by atoms with Crippen LogP contribution in [0.1, 0.15) is 0 Å². The van der Waals surface area contributed by atoms with Gasteiger partial charge in [0.1, 0.15) is 0 Å². The highest BCUT2D eigenvalue weighted by Crippen LogP contribution is 2.35. The summed E-state index contributed by atoms with van der Waals surface area (Å²) in [6, 6.07) is 0. The summed E-state index contributed by atoms with van der Waals surface area (Å²) in [6.45, 7) is 0.732. The normalized spacial score (nSPS) is 17.2. The van der Waals surface area contributed by atoms with E-state index in [9.17, 15) is 31.5 Å². The molecule has 1 saturated heterocycles. The molecule has 0 aromatic heterocycles. The molecule has 0 aliphatic carbocycles. The Morgan fingerprint density at radius 3 is 2.11 bits per heavy atom. The highest BCUT2D eigenvalue weighted by molar-refractivity contribution is 5.89. The molecule has 0 aromatic carbocycles. The van der Waals surface area contributed by atoms with Crippen LogP contribution in [0.3, 0.4) is 0 Å². The van der Waals surface area contributed by atoms with E-state index in [0.29, 0.717) is 26.2 Å². The molecular weight excluding hydrogens is 277 g/mol. The Balaban J connectivity index is 2.48. The van der Waals surface area contributed by atoms with E-state index in [1.165, 1.54) is 10.2 Å². The average Bonchev–Trinajstić information content (AvgIpc) is 2.35. The molecule has 1 rings (SSSR count). The molecule has 2 N–H and O–H groups in total. The Hall–Kier alpha value is -1.45. The van der Waals surface area contributed by atoms with Gasteiger partial charge < -0.3 is 15.5 Å². The summed E-state index contributed by atoms with van der Waals surface area (Å²) >= 11 is 0. The van der Waals surface area contributed by atoms with Gasteiger partial charge in [-0.3, -0.25) is 9.59 Å². The predicted octanol–water partition coefficient (Wildman–Crippen LogP) is -0.268. The standard InChI is InChI=1S/C9H12F5N3O2/c10-8(11,9(12,13)14)7(19)16-5-6(18)17-3-1-15-2-4-17/h15H,1-5H2,(H,16,19). The van der Waals surface area contributed by atoms with Crippen LogP contribution < -0.4 is 10.6 Å². The Morgan fingerprint density at radius 1 is 1.11 bits per heavy atom. The first kappa shape index (κ1) is 15.6. The number of amides is 2. The number of nitrogens with zero attached hydrogens (tertiary/aromatic N) is 1. The molecule has 2 amide bonds. The molecule has 0 saturated carbocycles. The number of halogens is 5. The Labute approximate surface area is 105 Å². The van der Waals surface area contributed by atoms with Crippen molar-refractivity contribution in [2.75, 3.05) is 32.7 Å². The Kier molecular flexibility index (Phi) is 4.66. The fraction of sp³-hybridized carbons (Fsp3) is 0.778. The summed E-state index contributed by atoms with van der Waals surface area (Å²) in [5, 5.41) is 4.23. The Morgan fingerprint density at radius 2 is 1.63 bits per heavy atom. The molecule has 0 atom stereocenters. The molecule has 1 fully saturated rings. The van der Waals surface area contributed by atoms with Gasteiger partial charge in [-0.2, -0.15) is 22.0 Å². The quantitative estimate of drug-likeness (QED) is 0.703. The van der Waals surface area contributed by atoms with Gasteiger partial charge in [-0.15, -0.1) is 0 Å². The van der Waals surface area contributed by atoms with E-state index in [1.54, 1.807) is 0 Å². The van der Waals surface area contributed by atoms with E-state index >= 15 is 0 Å². The fourth-order valence-corrected chi connectivity index (χ4v) is 1.42. The van der Waals surface area contributed by atoms with E-state index in [1.807, 2.05) is 0 Å². The zero-order valence-electron chi connectivity index (χ0n) is 9.69. The zero-order valence-corrected chi connectivity index (χ0v) is 9.69. The second-order valence-electron chi connectivity index (χ2n) is 3.89. The monoisotopic (exact) mass is 289 g/mol. The number of carbonyl (C=O) groups excluding carboxylic acids is 2. The van der Waals surface area contributed by atoms with Crippen LogP contribution in [0, 0.1) is 0 Å². The van der Waals surface area contributed by atoms with Gasteiger partial charge in [0.25, 0.3) is 0 Å². The molecule has 110 valence electrons. The van der Waals surface area contributed by atoms with Gasteiger partial charge in [-0.05, 0) is 0 Å². The Bertz CT molecular complexity index is 352. The highest BCUT2D eigenvalue weighted by Gasteiger charge is 2.63. The number of hydrogen-bond acceptors (Lipinski definition) is 3. The minimum absolute atomic E-state index is 0.310. The number of nitrogens with one attached hydrogen (secondary N) is 2. The summed E-state index contributed by atoms with van der Waals surface area (Å²) in [4.78, 5) is 23.4. The molecule has 1 aliphatic rings. The molecule has 10 heteroatoms. The first-order chi connectivity index (χ1) is 8.66. The van der Waals surface area contributed by atoms with Gasteiger partial charge in [-0.1, -0.05) is 0 Å². The summed E-state index contributed by atoms with van der Waals surface area (Å²) in [5.41, 5.74) is 0. The second-order valence-corrected chi connectivity index (χ2v) is 3.89. The molecule has 0 spiro atoms. The van der Waals surface area contributed by atoms with E-state index in [0.717, 1.165) is 0 Å². The van der Waals surface area contributed by atoms with Crippen LogP contribution in [0.4, 0.5) is 22.0 Å². The van der Waals surface area contributed by atoms with E-state index in [2.05, 4.69) is 5.32 Å². The van der Waals surface area contributed by atoms with E-state index in [4.69, 9.17) is 0 Å². The average molecular weight is 289 g/mol. The number of piperazine rings is 1. The predicted molar refractivity (Wildman–Crippen MR) is 53.5 cm³/mol. The van der Waals surface area contributed by atoms with Crippen molar-refractivity contribution in [1.29, 1.82) is 0 Å². The molecule has 0 aromatic rings. The third-order valence-electron chi connectivity index (χ3n) is 2.51. The molecule has 1 aliphatic heterocycles. The van der Waals surface area contributed by atoms with Gasteiger partial charge in [0.15, 0.2) is 0 Å². The van der Waals surface area contributed by atoms with E-state index in [-0.39, 0.29) is 0 Å². The topological polar surface area (TPSA) is 61.4 Å². The number of rotatable bonds is 3. The van der Waals surface area contributed by atoms with Gasteiger partial charge >= 0.3 is 18.0 Å². The highest BCUT2D eigenvalue weighted by atomic mass is 19.4. The van der Waals surface area contributed by atoms with Crippen molar-refractivity contribution in [2.24, 2.45) is 0 Å². The lowest BCUT2D eigenvalue weighted by Crippen LogP contribution is -2.54. The van der Waals surface area contributed by atoms with Crippen molar-refractivity contribution in [1.82, 2.24) is 15.5 Å². The first-order valence-electron chi connectivity index (χ1n) is 5.37. The van der Waals surface area contributed by atoms with Crippen LogP contribution >= 0.6 is 0 Å². The zero-order chi connectivity index (χ0) is 14.7. The second kappa shape index (κ2) is 5.68. The number of hydrogen-bond donors (Lipinski definition) is 2. The molecule has 5 nitrogen and oxygen atoms in total. The lowest BCUT2D eigenvalue weighted by molar-refractivity contribution is -0.269. The van der Waals surface area contributed by atoms with Crippen LogP contribution in [-0.2, 0) is 9.59 Å². The van der Waals surface area contributed by atoms with Crippen molar-refractivity contribution in [3.8, 4) is 0 Å². The summed E-state index contributed by atoms with van der Waals surface area (Å²) in [6.07, 6.45) is -5.98. The first-order valence-corrected chi connectivity index (χ1v) is 5.37. The van der Waals surface area contributed by atoms with Crippen molar-refractivity contribution < 1.29 is 31.5 Å². The maximum Gasteiger partial charge on any atom is 0.463 e. The van der Waals surface area contributed by atoms with Gasteiger partial charge in [-0.25, -0.2) is 0 Å². The molecular formula is C9H12F5N3O2. The molecule has 0 unspecified atom stereocenters. The van der Waals surface area contributed by atoms with Gasteiger partial charge in [0.05, 0.1) is 6.54 Å². The van der Waals surface area contributed by atoms with Gasteiger partial charge in [0.2, 0.25) is 5.91 Å². The van der Waals surface area contributed by atoms with Crippen LogP contribution in [0.15, 0.2) is 0 Å². The van der Waals surface area contributed by atoms with Crippen LogP contribution in [0.5, 0.6) is 0 Å². The summed E-state index contributed by atoms with van der Waals surface area (Å²) in [7, 11) is 0. The maximum absolute atomic E-state index is 12.5. The number of carbonyl (C=O) groups is 2. The lowest BCUT2D eigenvalue weighted by Gasteiger charge is -2.27. The number of alkyl halides is 5. The van der Waals surface area contributed by atoms with Crippen molar-refractivity contribution in [2.45, 2.75) is 12.1 Å².